The first-order chi connectivity index (χ1) is 13.9. The van der Waals surface area contributed by atoms with E-state index in [1.54, 1.807) is 15.9 Å². The Labute approximate surface area is 177 Å². The third kappa shape index (κ3) is 5.41. The Morgan fingerprint density at radius 1 is 1.17 bits per heavy atom. The van der Waals surface area contributed by atoms with Crippen LogP contribution < -0.4 is 0 Å². The van der Waals surface area contributed by atoms with E-state index in [1.807, 2.05) is 25.7 Å². The molecule has 0 aromatic carbocycles. The molecule has 2 aliphatic rings. The number of carbonyl (C=O) groups excluding carboxylic acids is 2. The summed E-state index contributed by atoms with van der Waals surface area (Å²) in [6.45, 7) is 8.25. The van der Waals surface area contributed by atoms with Crippen LogP contribution in [0.25, 0.3) is 0 Å². The smallest absolute Gasteiger partial charge is 0.410 e. The number of ether oxygens (including phenoxy) is 1. The van der Waals surface area contributed by atoms with E-state index in [4.69, 9.17) is 4.74 Å². The Balaban J connectivity index is 1.53. The summed E-state index contributed by atoms with van der Waals surface area (Å²) in [4.78, 5) is 34.7. The van der Waals surface area contributed by atoms with Gasteiger partial charge in [-0.1, -0.05) is 0 Å². The molecule has 0 saturated carbocycles. The van der Waals surface area contributed by atoms with Gasteiger partial charge >= 0.3 is 12.1 Å². The minimum Gasteiger partial charge on any atom is -0.444 e. The van der Waals surface area contributed by atoms with Crippen LogP contribution in [0.15, 0.2) is 23.2 Å². The Bertz CT molecular complexity index is 887. The molecule has 3 rings (SSSR count). The highest BCUT2D eigenvalue weighted by Crippen LogP contribution is 2.23. The molecule has 0 N–H and O–H groups in total. The lowest BCUT2D eigenvalue weighted by atomic mass is 10.0. The zero-order chi connectivity index (χ0) is 22.1. The summed E-state index contributed by atoms with van der Waals surface area (Å²) < 4.78 is 28.5. The van der Waals surface area contributed by atoms with Crippen LogP contribution in [-0.2, 0) is 21.1 Å². The van der Waals surface area contributed by atoms with Crippen LogP contribution in [-0.4, -0.2) is 84.3 Å². The molecule has 2 fully saturated rings. The van der Waals surface area contributed by atoms with Crippen molar-refractivity contribution in [1.82, 2.24) is 19.7 Å². The van der Waals surface area contributed by atoms with Gasteiger partial charge in [0.1, 0.15) is 5.60 Å². The van der Waals surface area contributed by atoms with Crippen molar-refractivity contribution in [2.24, 2.45) is 0 Å². The lowest BCUT2D eigenvalue weighted by molar-refractivity contribution is 0.0170. The zero-order valence-corrected chi connectivity index (χ0v) is 18.8. The fourth-order valence-electron chi connectivity index (χ4n) is 3.69. The van der Waals surface area contributed by atoms with Crippen molar-refractivity contribution in [1.29, 1.82) is 0 Å². The van der Waals surface area contributed by atoms with E-state index in [2.05, 4.69) is 4.98 Å². The van der Waals surface area contributed by atoms with Gasteiger partial charge in [0.2, 0.25) is 0 Å². The molecule has 3 amide bonds. The monoisotopic (exact) mass is 438 g/mol. The molecule has 0 radical (unpaired) electrons. The molecule has 0 aliphatic carbocycles. The van der Waals surface area contributed by atoms with Gasteiger partial charge in [-0.3, -0.25) is 4.98 Å². The van der Waals surface area contributed by atoms with Crippen molar-refractivity contribution in [3.8, 4) is 0 Å². The van der Waals surface area contributed by atoms with Crippen molar-refractivity contribution in [2.75, 3.05) is 32.4 Å². The molecule has 9 nitrogen and oxygen atoms in total. The predicted octanol–water partition coefficient (Wildman–Crippen LogP) is 2.12. The van der Waals surface area contributed by atoms with Crippen LogP contribution in [0.5, 0.6) is 0 Å². The molecule has 0 spiro atoms. The van der Waals surface area contributed by atoms with Gasteiger partial charge in [0.25, 0.3) is 0 Å². The number of piperidine rings is 1. The molecule has 166 valence electrons. The van der Waals surface area contributed by atoms with Gasteiger partial charge in [0.05, 0.1) is 17.1 Å². The van der Waals surface area contributed by atoms with Crippen LogP contribution in [0.1, 0.15) is 39.3 Å². The van der Waals surface area contributed by atoms with Crippen molar-refractivity contribution >= 4 is 22.0 Å². The number of hydrogen-bond donors (Lipinski definition) is 0. The van der Waals surface area contributed by atoms with Gasteiger partial charge in [-0.25, -0.2) is 18.0 Å². The summed E-state index contributed by atoms with van der Waals surface area (Å²) in [7, 11) is -3.29. The summed E-state index contributed by atoms with van der Waals surface area (Å²) in [5.74, 6) is 0. The number of sulfone groups is 1. The minimum atomic E-state index is -3.29. The summed E-state index contributed by atoms with van der Waals surface area (Å²) >= 11 is 0. The third-order valence-corrected chi connectivity index (χ3v) is 6.36. The minimum absolute atomic E-state index is 0.0419. The topological polar surface area (TPSA) is 100 Å². The maximum atomic E-state index is 12.9. The van der Waals surface area contributed by atoms with Crippen LogP contribution in [0, 0.1) is 0 Å². The van der Waals surface area contributed by atoms with Gasteiger partial charge in [0.15, 0.2) is 9.84 Å². The quantitative estimate of drug-likeness (QED) is 0.714. The standard InChI is InChI=1S/C20H30N4O5S/c1-20(2,3)29-19(26)22-9-7-16(8-10-22)24-12-11-23(18(24)25)14-15-5-6-17(13-21-15)30(4,27)28/h5-6,13,16H,7-12,14H2,1-4H3. The van der Waals surface area contributed by atoms with Crippen molar-refractivity contribution in [2.45, 2.75) is 56.7 Å². The molecule has 1 aromatic rings. The highest BCUT2D eigenvalue weighted by Gasteiger charge is 2.36. The van der Waals surface area contributed by atoms with Gasteiger partial charge in [-0.15, -0.1) is 0 Å². The average molecular weight is 439 g/mol. The Kier molecular flexibility index (Phi) is 6.26. The van der Waals surface area contributed by atoms with Crippen molar-refractivity contribution in [3.05, 3.63) is 24.0 Å². The molecule has 2 saturated heterocycles. The summed E-state index contributed by atoms with van der Waals surface area (Å²) in [5, 5.41) is 0. The number of amides is 3. The largest absolute Gasteiger partial charge is 0.444 e. The second-order valence-corrected chi connectivity index (χ2v) is 10.9. The lowest BCUT2D eigenvalue weighted by Gasteiger charge is -2.37. The number of carbonyl (C=O) groups is 2. The normalized spacial score (nSPS) is 18.8. The number of hydrogen-bond acceptors (Lipinski definition) is 6. The first kappa shape index (κ1) is 22.3. The molecular formula is C20H30N4O5S. The van der Waals surface area contributed by atoms with E-state index in [9.17, 15) is 18.0 Å². The van der Waals surface area contributed by atoms with Gasteiger partial charge in [0, 0.05) is 44.7 Å². The Morgan fingerprint density at radius 3 is 2.37 bits per heavy atom. The van der Waals surface area contributed by atoms with Crippen LogP contribution in [0.4, 0.5) is 9.59 Å². The van der Waals surface area contributed by atoms with E-state index < -0.39 is 15.4 Å². The van der Waals surface area contributed by atoms with E-state index in [-0.39, 0.29) is 23.1 Å². The first-order valence-corrected chi connectivity index (χ1v) is 12.0. The van der Waals surface area contributed by atoms with Crippen LogP contribution in [0.2, 0.25) is 0 Å². The molecule has 0 unspecified atom stereocenters. The van der Waals surface area contributed by atoms with Crippen LogP contribution >= 0.6 is 0 Å². The third-order valence-electron chi connectivity index (χ3n) is 5.26. The predicted molar refractivity (Wildman–Crippen MR) is 111 cm³/mol. The number of aromatic nitrogens is 1. The van der Waals surface area contributed by atoms with E-state index >= 15 is 0 Å². The lowest BCUT2D eigenvalue weighted by Crippen LogP contribution is -2.49. The van der Waals surface area contributed by atoms with E-state index in [0.717, 1.165) is 19.1 Å². The number of nitrogens with zero attached hydrogens (tertiary/aromatic N) is 4. The van der Waals surface area contributed by atoms with Gasteiger partial charge in [-0.2, -0.15) is 0 Å². The maximum Gasteiger partial charge on any atom is 0.410 e. The highest BCUT2D eigenvalue weighted by molar-refractivity contribution is 7.90. The number of rotatable bonds is 4. The van der Waals surface area contributed by atoms with Crippen molar-refractivity contribution in [3.63, 3.8) is 0 Å². The Morgan fingerprint density at radius 2 is 1.83 bits per heavy atom. The highest BCUT2D eigenvalue weighted by atomic mass is 32.2. The number of likely N-dealkylation sites (tertiary alicyclic amines) is 1. The number of urea groups is 1. The molecular weight excluding hydrogens is 408 g/mol. The molecule has 1 aromatic heterocycles. The summed E-state index contributed by atoms with van der Waals surface area (Å²) in [6.07, 6.45) is 3.61. The first-order valence-electron chi connectivity index (χ1n) is 10.1. The van der Waals surface area contributed by atoms with Gasteiger partial charge < -0.3 is 19.4 Å². The number of pyridine rings is 1. The van der Waals surface area contributed by atoms with Gasteiger partial charge in [-0.05, 0) is 45.7 Å². The average Bonchev–Trinajstić information content (AvgIpc) is 3.01. The second kappa shape index (κ2) is 8.41. The van der Waals surface area contributed by atoms with Crippen LogP contribution in [0.3, 0.4) is 0 Å². The van der Waals surface area contributed by atoms with E-state index in [1.165, 1.54) is 12.3 Å². The van der Waals surface area contributed by atoms with Crippen molar-refractivity contribution < 1.29 is 22.7 Å². The molecule has 0 atom stereocenters. The SMILES string of the molecule is CC(C)(C)OC(=O)N1CCC(N2CCN(Cc3ccc(S(C)(=O)=O)cn3)C2=O)CC1. The maximum absolute atomic E-state index is 12.9. The molecule has 0 bridgehead atoms. The zero-order valence-electron chi connectivity index (χ0n) is 18.0. The molecule has 3 heterocycles. The molecule has 10 heteroatoms. The second-order valence-electron chi connectivity index (χ2n) is 8.85. The fourth-order valence-corrected chi connectivity index (χ4v) is 4.25. The van der Waals surface area contributed by atoms with E-state index in [0.29, 0.717) is 38.4 Å². The summed E-state index contributed by atoms with van der Waals surface area (Å²) in [6, 6.07) is 3.22. The summed E-state index contributed by atoms with van der Waals surface area (Å²) in [5.41, 5.74) is 0.129. The fraction of sp³-hybridized carbons (Fsp3) is 0.650. The Hall–Kier alpha value is -2.36. The molecule has 30 heavy (non-hydrogen) atoms. The molecule has 2 aliphatic heterocycles.